The van der Waals surface area contributed by atoms with Crippen LogP contribution in [0.5, 0.6) is 5.75 Å². The number of carbonyl (C=O) groups excluding carboxylic acids is 1. The van der Waals surface area contributed by atoms with E-state index < -0.39 is 6.86 Å². The minimum absolute atomic E-state index is 0.0315. The van der Waals surface area contributed by atoms with Crippen LogP contribution >= 0.6 is 0 Å². The van der Waals surface area contributed by atoms with Crippen molar-refractivity contribution in [2.75, 3.05) is 26.7 Å². The average molecular weight is 226 g/mol. The summed E-state index contributed by atoms with van der Waals surface area (Å²) >= 11 is 0. The smallest absolute Gasteiger partial charge is 0.228 e. The van der Waals surface area contributed by atoms with Crippen LogP contribution in [0.15, 0.2) is 18.2 Å². The lowest BCUT2D eigenvalue weighted by atomic mass is 10.1. The summed E-state index contributed by atoms with van der Waals surface area (Å²) in [6, 6.07) is 4.90. The quantitative estimate of drug-likeness (QED) is 0.785. The normalized spacial score (nSPS) is 9.94. The Kier molecular flexibility index (Phi) is 4.10. The predicted octanol–water partition coefficient (Wildman–Crippen LogP) is 1.21. The lowest BCUT2D eigenvalue weighted by Crippen LogP contribution is -2.23. The van der Waals surface area contributed by atoms with Crippen molar-refractivity contribution < 1.29 is 13.9 Å². The molecule has 0 heterocycles. The van der Waals surface area contributed by atoms with Gasteiger partial charge < -0.3 is 15.4 Å². The van der Waals surface area contributed by atoms with Gasteiger partial charge in [0.1, 0.15) is 5.75 Å². The molecule has 1 amide bonds. The number of amides is 1. The van der Waals surface area contributed by atoms with Crippen molar-refractivity contribution in [3.63, 3.8) is 0 Å². The van der Waals surface area contributed by atoms with Crippen molar-refractivity contribution in [2.24, 2.45) is 0 Å². The van der Waals surface area contributed by atoms with Crippen molar-refractivity contribution in [2.45, 2.75) is 6.42 Å². The summed E-state index contributed by atoms with van der Waals surface area (Å²) in [5.41, 5.74) is 6.69. The van der Waals surface area contributed by atoms with E-state index in [9.17, 15) is 9.18 Å². The van der Waals surface area contributed by atoms with Crippen LogP contribution in [0, 0.1) is 0 Å². The Morgan fingerprint density at radius 1 is 1.50 bits per heavy atom. The maximum absolute atomic E-state index is 12.0. The second-order valence-corrected chi connectivity index (χ2v) is 3.59. The number of likely N-dealkylation sites (N-methyl/N-ethyl adjacent to an activating group) is 1. The number of alkyl halides is 1. The topological polar surface area (TPSA) is 55.6 Å². The van der Waals surface area contributed by atoms with Crippen LogP contribution in [-0.4, -0.2) is 31.8 Å². The first kappa shape index (κ1) is 12.3. The van der Waals surface area contributed by atoms with Gasteiger partial charge in [-0.1, -0.05) is 6.07 Å². The van der Waals surface area contributed by atoms with Crippen LogP contribution in [-0.2, 0) is 11.2 Å². The molecule has 1 rings (SSSR count). The number of ether oxygens (including phenoxy) is 1. The number of nitrogens with zero attached hydrogens (tertiary/aromatic N) is 1. The minimum atomic E-state index is -0.935. The van der Waals surface area contributed by atoms with E-state index in [2.05, 4.69) is 0 Å². The Hall–Kier alpha value is -1.78. The van der Waals surface area contributed by atoms with Crippen LogP contribution < -0.4 is 10.5 Å². The average Bonchev–Trinajstić information content (AvgIpc) is 2.23. The van der Waals surface area contributed by atoms with Gasteiger partial charge in [-0.25, -0.2) is 4.39 Å². The molecule has 1 aromatic rings. The first-order valence-electron chi connectivity index (χ1n) is 4.82. The van der Waals surface area contributed by atoms with Gasteiger partial charge in [-0.05, 0) is 17.7 Å². The SMILES string of the molecule is CN(C)C(=O)Cc1ccc(N)c(OCF)c1. The molecule has 16 heavy (non-hydrogen) atoms. The molecule has 0 spiro atoms. The second-order valence-electron chi connectivity index (χ2n) is 3.59. The number of anilines is 1. The summed E-state index contributed by atoms with van der Waals surface area (Å²) in [7, 11) is 3.36. The predicted molar refractivity (Wildman–Crippen MR) is 59.9 cm³/mol. The monoisotopic (exact) mass is 226 g/mol. The first-order chi connectivity index (χ1) is 7.54. The molecule has 0 aromatic heterocycles. The molecule has 0 aliphatic carbocycles. The molecule has 0 saturated carbocycles. The number of hydrogen-bond donors (Lipinski definition) is 1. The maximum atomic E-state index is 12.0. The van der Waals surface area contributed by atoms with Gasteiger partial charge in [0.15, 0.2) is 0 Å². The van der Waals surface area contributed by atoms with Gasteiger partial charge in [-0.2, -0.15) is 0 Å². The van der Waals surface area contributed by atoms with E-state index in [1.54, 1.807) is 32.3 Å². The third kappa shape index (κ3) is 3.12. The molecule has 0 aliphatic heterocycles. The summed E-state index contributed by atoms with van der Waals surface area (Å²) < 4.78 is 16.7. The Morgan fingerprint density at radius 2 is 2.19 bits per heavy atom. The van der Waals surface area contributed by atoms with Gasteiger partial charge in [0, 0.05) is 14.1 Å². The number of carbonyl (C=O) groups is 1. The lowest BCUT2D eigenvalue weighted by molar-refractivity contribution is -0.127. The number of rotatable bonds is 4. The van der Waals surface area contributed by atoms with Crippen LogP contribution in [0.4, 0.5) is 10.1 Å². The molecule has 5 heteroatoms. The van der Waals surface area contributed by atoms with Crippen molar-refractivity contribution >= 4 is 11.6 Å². The maximum Gasteiger partial charge on any atom is 0.228 e. The van der Waals surface area contributed by atoms with E-state index in [4.69, 9.17) is 10.5 Å². The standard InChI is InChI=1S/C11H15FN2O2/c1-14(2)11(15)6-8-3-4-9(13)10(5-8)16-7-12/h3-5H,6-7,13H2,1-2H3. The lowest BCUT2D eigenvalue weighted by Gasteiger charge is -2.11. The highest BCUT2D eigenvalue weighted by Gasteiger charge is 2.08. The van der Waals surface area contributed by atoms with Gasteiger partial charge in [-0.15, -0.1) is 0 Å². The zero-order chi connectivity index (χ0) is 12.1. The van der Waals surface area contributed by atoms with E-state index in [0.29, 0.717) is 5.69 Å². The molecule has 0 unspecified atom stereocenters. The fourth-order valence-corrected chi connectivity index (χ4v) is 1.21. The Morgan fingerprint density at radius 3 is 2.75 bits per heavy atom. The first-order valence-corrected chi connectivity index (χ1v) is 4.82. The minimum Gasteiger partial charge on any atom is -0.461 e. The largest absolute Gasteiger partial charge is 0.461 e. The summed E-state index contributed by atoms with van der Waals surface area (Å²) in [4.78, 5) is 12.9. The highest BCUT2D eigenvalue weighted by atomic mass is 19.1. The molecule has 0 fully saturated rings. The molecule has 88 valence electrons. The second kappa shape index (κ2) is 5.34. The van der Waals surface area contributed by atoms with E-state index >= 15 is 0 Å². The third-order valence-electron chi connectivity index (χ3n) is 2.14. The molecule has 0 saturated heterocycles. The summed E-state index contributed by atoms with van der Waals surface area (Å²) in [5.74, 6) is 0.238. The fraction of sp³-hybridized carbons (Fsp3) is 0.364. The molecule has 0 bridgehead atoms. The molecule has 0 radical (unpaired) electrons. The van der Waals surface area contributed by atoms with Crippen LogP contribution in [0.2, 0.25) is 0 Å². The molecule has 2 N–H and O–H groups in total. The zero-order valence-corrected chi connectivity index (χ0v) is 9.37. The van der Waals surface area contributed by atoms with Gasteiger partial charge in [-0.3, -0.25) is 4.79 Å². The van der Waals surface area contributed by atoms with Crippen LogP contribution in [0.3, 0.4) is 0 Å². The number of hydrogen-bond acceptors (Lipinski definition) is 3. The van der Waals surface area contributed by atoms with E-state index in [0.717, 1.165) is 5.56 Å². The fourth-order valence-electron chi connectivity index (χ4n) is 1.21. The summed E-state index contributed by atoms with van der Waals surface area (Å²) in [6.45, 7) is -0.935. The van der Waals surface area contributed by atoms with Crippen molar-refractivity contribution in [3.8, 4) is 5.75 Å². The summed E-state index contributed by atoms with van der Waals surface area (Å²) in [5, 5.41) is 0. The van der Waals surface area contributed by atoms with E-state index in [1.807, 2.05) is 0 Å². The number of halogens is 1. The number of nitrogen functional groups attached to an aromatic ring is 1. The molecule has 1 aromatic carbocycles. The highest BCUT2D eigenvalue weighted by Crippen LogP contribution is 2.23. The van der Waals surface area contributed by atoms with Gasteiger partial charge in [0.2, 0.25) is 12.8 Å². The van der Waals surface area contributed by atoms with Crippen LogP contribution in [0.1, 0.15) is 5.56 Å². The van der Waals surface area contributed by atoms with Gasteiger partial charge in [0.05, 0.1) is 12.1 Å². The number of nitrogens with two attached hydrogens (primary N) is 1. The van der Waals surface area contributed by atoms with Gasteiger partial charge >= 0.3 is 0 Å². The highest BCUT2D eigenvalue weighted by molar-refractivity contribution is 5.78. The van der Waals surface area contributed by atoms with Crippen molar-refractivity contribution in [1.82, 2.24) is 4.90 Å². The third-order valence-corrected chi connectivity index (χ3v) is 2.14. The van der Waals surface area contributed by atoms with Crippen molar-refractivity contribution in [1.29, 1.82) is 0 Å². The Bertz CT molecular complexity index is 380. The molecular weight excluding hydrogens is 211 g/mol. The molecule has 0 atom stereocenters. The molecule has 0 aliphatic rings. The summed E-state index contributed by atoms with van der Waals surface area (Å²) in [6.07, 6.45) is 0.246. The Balaban J connectivity index is 2.82. The van der Waals surface area contributed by atoms with E-state index in [-0.39, 0.29) is 18.1 Å². The van der Waals surface area contributed by atoms with Crippen LogP contribution in [0.25, 0.3) is 0 Å². The molecule has 4 nitrogen and oxygen atoms in total. The van der Waals surface area contributed by atoms with Crippen molar-refractivity contribution in [3.05, 3.63) is 23.8 Å². The van der Waals surface area contributed by atoms with Gasteiger partial charge in [0.25, 0.3) is 0 Å². The molecular formula is C11H15FN2O2. The van der Waals surface area contributed by atoms with E-state index in [1.165, 1.54) is 4.90 Å². The zero-order valence-electron chi connectivity index (χ0n) is 9.37. The Labute approximate surface area is 93.8 Å². The number of benzene rings is 1.